The molecule has 0 aromatic heterocycles. The van der Waals surface area contributed by atoms with Crippen molar-refractivity contribution in [1.29, 1.82) is 0 Å². The maximum absolute atomic E-state index is 12.0. The van der Waals surface area contributed by atoms with Crippen molar-refractivity contribution in [1.82, 2.24) is 0 Å². The highest BCUT2D eigenvalue weighted by Crippen LogP contribution is 2.32. The topological polar surface area (TPSA) is 105 Å². The van der Waals surface area contributed by atoms with Crippen molar-refractivity contribution in [2.75, 3.05) is 26.3 Å². The second-order valence-corrected chi connectivity index (χ2v) is 4.57. The third-order valence-corrected chi connectivity index (χ3v) is 3.13. The zero-order valence-corrected chi connectivity index (χ0v) is 11.2. The fraction of sp³-hybridized carbons (Fsp3) is 0.692. The third-order valence-electron chi connectivity index (χ3n) is 3.13. The van der Waals surface area contributed by atoms with E-state index in [9.17, 15) is 9.59 Å². The lowest BCUT2D eigenvalue weighted by molar-refractivity contribution is -0.162. The van der Waals surface area contributed by atoms with Gasteiger partial charge in [-0.05, 0) is 12.3 Å². The van der Waals surface area contributed by atoms with Crippen molar-refractivity contribution in [3.63, 3.8) is 0 Å². The van der Waals surface area contributed by atoms with Crippen LogP contribution in [0.4, 0.5) is 0 Å². The number of nitrogens with two attached hydrogens (primary N) is 2. The molecule has 0 spiro atoms. The molecule has 0 amide bonds. The summed E-state index contributed by atoms with van der Waals surface area (Å²) in [4.78, 5) is 24.0. The molecule has 0 fully saturated rings. The predicted octanol–water partition coefficient (Wildman–Crippen LogP) is -0.181. The van der Waals surface area contributed by atoms with Gasteiger partial charge >= 0.3 is 11.9 Å². The summed E-state index contributed by atoms with van der Waals surface area (Å²) >= 11 is 0. The maximum Gasteiger partial charge on any atom is 0.310 e. The second kappa shape index (κ2) is 7.91. The number of allylic oxidation sites excluding steroid dienone is 2. The van der Waals surface area contributed by atoms with Gasteiger partial charge in [0.15, 0.2) is 0 Å². The number of esters is 2. The first kappa shape index (κ1) is 15.7. The van der Waals surface area contributed by atoms with E-state index in [2.05, 4.69) is 0 Å². The monoisotopic (exact) mass is 270 g/mol. The first-order valence-electron chi connectivity index (χ1n) is 6.51. The number of hydrogen-bond acceptors (Lipinski definition) is 6. The van der Waals surface area contributed by atoms with Crippen LogP contribution in [0.1, 0.15) is 13.3 Å². The highest BCUT2D eigenvalue weighted by atomic mass is 16.5. The molecule has 0 bridgehead atoms. The van der Waals surface area contributed by atoms with Gasteiger partial charge < -0.3 is 20.9 Å². The number of carbonyl (C=O) groups is 2. The van der Waals surface area contributed by atoms with E-state index in [4.69, 9.17) is 20.9 Å². The Bertz CT molecular complexity index is 344. The number of rotatable bonds is 6. The molecule has 3 atom stereocenters. The Morgan fingerprint density at radius 1 is 1.16 bits per heavy atom. The molecule has 4 N–H and O–H groups in total. The molecule has 0 saturated carbocycles. The van der Waals surface area contributed by atoms with Crippen LogP contribution in [0.2, 0.25) is 0 Å². The van der Waals surface area contributed by atoms with Gasteiger partial charge in [0.1, 0.15) is 13.2 Å². The fourth-order valence-electron chi connectivity index (χ4n) is 2.22. The van der Waals surface area contributed by atoms with Crippen LogP contribution in [0.25, 0.3) is 0 Å². The minimum atomic E-state index is -0.512. The van der Waals surface area contributed by atoms with Gasteiger partial charge in [-0.25, -0.2) is 0 Å². The third kappa shape index (κ3) is 4.33. The molecule has 6 heteroatoms. The van der Waals surface area contributed by atoms with Crippen LogP contribution in [0, 0.1) is 17.8 Å². The summed E-state index contributed by atoms with van der Waals surface area (Å²) in [7, 11) is 0. The Hall–Kier alpha value is -1.40. The normalized spacial score (nSPS) is 25.9. The summed E-state index contributed by atoms with van der Waals surface area (Å²) in [5.74, 6) is -1.86. The van der Waals surface area contributed by atoms with Gasteiger partial charge in [0.05, 0.1) is 11.8 Å². The Morgan fingerprint density at radius 2 is 1.74 bits per heavy atom. The summed E-state index contributed by atoms with van der Waals surface area (Å²) in [6.45, 7) is 2.75. The van der Waals surface area contributed by atoms with Gasteiger partial charge in [-0.15, -0.1) is 0 Å². The highest BCUT2D eigenvalue weighted by Gasteiger charge is 2.40. The standard InChI is InChI=1S/C13H22N2O4/c1-9-3-2-4-10(12(16)18-7-5-14)11(9)13(17)19-8-6-15/h2-3,9-11H,4-8,14-15H2,1H3. The number of carbonyl (C=O) groups excluding carboxylic acids is 2. The van der Waals surface area contributed by atoms with E-state index in [0.717, 1.165) is 0 Å². The Morgan fingerprint density at radius 3 is 2.32 bits per heavy atom. The van der Waals surface area contributed by atoms with Crippen molar-refractivity contribution >= 4 is 11.9 Å². The lowest BCUT2D eigenvalue weighted by Gasteiger charge is -2.29. The SMILES string of the molecule is CC1C=CCC(C(=O)OCCN)C1C(=O)OCCN. The van der Waals surface area contributed by atoms with Gasteiger partial charge in [0, 0.05) is 13.1 Å². The van der Waals surface area contributed by atoms with Crippen molar-refractivity contribution in [2.45, 2.75) is 13.3 Å². The Balaban J connectivity index is 2.73. The molecule has 6 nitrogen and oxygen atoms in total. The van der Waals surface area contributed by atoms with E-state index in [0.29, 0.717) is 6.42 Å². The van der Waals surface area contributed by atoms with E-state index in [1.165, 1.54) is 0 Å². The summed E-state index contributed by atoms with van der Waals surface area (Å²) in [5.41, 5.74) is 10.6. The Kier molecular flexibility index (Phi) is 6.52. The van der Waals surface area contributed by atoms with Gasteiger partial charge in [0.2, 0.25) is 0 Å². The molecule has 0 aliphatic heterocycles. The summed E-state index contributed by atoms with van der Waals surface area (Å²) < 4.78 is 10.1. The van der Waals surface area contributed by atoms with E-state index in [1.54, 1.807) is 0 Å². The zero-order valence-electron chi connectivity index (χ0n) is 11.2. The van der Waals surface area contributed by atoms with Crippen molar-refractivity contribution in [2.24, 2.45) is 29.2 Å². The largest absolute Gasteiger partial charge is 0.464 e. The zero-order chi connectivity index (χ0) is 14.3. The first-order valence-corrected chi connectivity index (χ1v) is 6.51. The maximum atomic E-state index is 12.0. The molecule has 0 aromatic carbocycles. The van der Waals surface area contributed by atoms with E-state index >= 15 is 0 Å². The summed E-state index contributed by atoms with van der Waals surface area (Å²) in [6, 6.07) is 0. The minimum absolute atomic E-state index is 0.0607. The van der Waals surface area contributed by atoms with Gasteiger partial charge in [-0.3, -0.25) is 9.59 Å². The molecule has 0 radical (unpaired) electrons. The van der Waals surface area contributed by atoms with Crippen molar-refractivity contribution in [3.05, 3.63) is 12.2 Å². The molecular formula is C13H22N2O4. The molecule has 0 saturated heterocycles. The van der Waals surface area contributed by atoms with Crippen LogP contribution in [-0.2, 0) is 19.1 Å². The first-order chi connectivity index (χ1) is 9.11. The van der Waals surface area contributed by atoms with Crippen molar-refractivity contribution in [3.8, 4) is 0 Å². The van der Waals surface area contributed by atoms with Crippen LogP contribution in [0.3, 0.4) is 0 Å². The average Bonchev–Trinajstić information content (AvgIpc) is 2.41. The van der Waals surface area contributed by atoms with Gasteiger partial charge in [-0.2, -0.15) is 0 Å². The molecule has 108 valence electrons. The highest BCUT2D eigenvalue weighted by molar-refractivity contribution is 5.83. The molecule has 19 heavy (non-hydrogen) atoms. The van der Waals surface area contributed by atoms with E-state index in [1.807, 2.05) is 19.1 Å². The van der Waals surface area contributed by atoms with Crippen molar-refractivity contribution < 1.29 is 19.1 Å². The van der Waals surface area contributed by atoms with E-state index < -0.39 is 23.8 Å². The van der Waals surface area contributed by atoms with Crippen LogP contribution >= 0.6 is 0 Å². The van der Waals surface area contributed by atoms with Gasteiger partial charge in [0.25, 0.3) is 0 Å². The van der Waals surface area contributed by atoms with Crippen LogP contribution in [0.15, 0.2) is 12.2 Å². The molecular weight excluding hydrogens is 248 g/mol. The molecule has 1 rings (SSSR count). The lowest BCUT2D eigenvalue weighted by Crippen LogP contribution is -2.38. The molecule has 3 unspecified atom stereocenters. The van der Waals surface area contributed by atoms with Gasteiger partial charge in [-0.1, -0.05) is 19.1 Å². The predicted molar refractivity (Wildman–Crippen MR) is 69.9 cm³/mol. The average molecular weight is 270 g/mol. The summed E-state index contributed by atoms with van der Waals surface area (Å²) in [6.07, 6.45) is 4.29. The number of hydrogen-bond donors (Lipinski definition) is 2. The lowest BCUT2D eigenvalue weighted by atomic mass is 9.76. The quantitative estimate of drug-likeness (QED) is 0.512. The molecule has 0 aromatic rings. The number of ether oxygens (including phenoxy) is 2. The Labute approximate surface area is 113 Å². The fourth-order valence-corrected chi connectivity index (χ4v) is 2.22. The van der Waals surface area contributed by atoms with E-state index in [-0.39, 0.29) is 32.2 Å². The smallest absolute Gasteiger partial charge is 0.310 e. The van der Waals surface area contributed by atoms with Crippen LogP contribution in [0.5, 0.6) is 0 Å². The van der Waals surface area contributed by atoms with Crippen LogP contribution in [-0.4, -0.2) is 38.2 Å². The minimum Gasteiger partial charge on any atom is -0.464 e. The molecule has 1 aliphatic rings. The molecule has 0 heterocycles. The van der Waals surface area contributed by atoms with Crippen LogP contribution < -0.4 is 11.5 Å². The second-order valence-electron chi connectivity index (χ2n) is 4.57. The molecule has 1 aliphatic carbocycles. The summed E-state index contributed by atoms with van der Waals surface area (Å²) in [5, 5.41) is 0.